The van der Waals surface area contributed by atoms with Crippen LogP contribution in [0.4, 0.5) is 10.1 Å². The Morgan fingerprint density at radius 3 is 2.57 bits per heavy atom. The van der Waals surface area contributed by atoms with Gasteiger partial charge in [-0.25, -0.2) is 12.8 Å². The zero-order valence-corrected chi connectivity index (χ0v) is 18.8. The molecule has 0 bridgehead atoms. The number of carbonyl (C=O) groups excluding carboxylic acids is 1. The van der Waals surface area contributed by atoms with Gasteiger partial charge in [-0.15, -0.1) is 0 Å². The van der Waals surface area contributed by atoms with Crippen molar-refractivity contribution in [2.24, 2.45) is 5.92 Å². The van der Waals surface area contributed by atoms with Crippen molar-refractivity contribution in [2.75, 3.05) is 5.32 Å². The monoisotopic (exact) mass is 450 g/mol. The van der Waals surface area contributed by atoms with E-state index in [0.717, 1.165) is 12.8 Å². The second-order valence-electron chi connectivity index (χ2n) is 7.75. The zero-order chi connectivity index (χ0) is 21.7. The molecule has 0 saturated heterocycles. The van der Waals surface area contributed by atoms with Gasteiger partial charge in [-0.05, 0) is 67.6 Å². The van der Waals surface area contributed by atoms with Crippen LogP contribution in [0.3, 0.4) is 0 Å². The Morgan fingerprint density at radius 2 is 1.87 bits per heavy atom. The fraction of sp³-hybridized carbons (Fsp3) is 0.409. The van der Waals surface area contributed by atoms with Crippen LogP contribution in [0.5, 0.6) is 0 Å². The Balaban J connectivity index is 1.66. The third-order valence-corrected chi connectivity index (χ3v) is 8.37. The number of nitrogens with one attached hydrogen (secondary N) is 2. The van der Waals surface area contributed by atoms with E-state index < -0.39 is 15.9 Å². The summed E-state index contributed by atoms with van der Waals surface area (Å²) in [5.74, 6) is -0.295. The molecule has 2 aromatic carbocycles. The number of hydrogen-bond acceptors (Lipinski definition) is 4. The molecule has 1 unspecified atom stereocenters. The summed E-state index contributed by atoms with van der Waals surface area (Å²) in [6.07, 6.45) is 5.93. The molecule has 1 fully saturated rings. The highest BCUT2D eigenvalue weighted by atomic mass is 32.3. The van der Waals surface area contributed by atoms with E-state index in [1.54, 1.807) is 13.0 Å². The molecule has 0 heterocycles. The Bertz CT molecular complexity index is 1010. The molecule has 1 atom stereocenters. The molecule has 1 saturated carbocycles. The molecular weight excluding hydrogens is 423 g/mol. The van der Waals surface area contributed by atoms with E-state index in [0.29, 0.717) is 17.2 Å². The zero-order valence-electron chi connectivity index (χ0n) is 17.2. The molecule has 2 N–H and O–H groups in total. The number of amides is 1. The molecule has 0 aliphatic heterocycles. The lowest BCUT2D eigenvalue weighted by Crippen LogP contribution is -2.25. The number of carbonyl (C=O) groups is 1. The summed E-state index contributed by atoms with van der Waals surface area (Å²) in [5, 5.41) is 2.86. The van der Waals surface area contributed by atoms with Crippen LogP contribution in [-0.2, 0) is 10.0 Å². The first kappa shape index (κ1) is 22.8. The van der Waals surface area contributed by atoms with Gasteiger partial charge in [-0.3, -0.25) is 4.79 Å². The maximum atomic E-state index is 13.4. The average molecular weight is 451 g/mol. The first-order valence-electron chi connectivity index (χ1n) is 10.1. The van der Waals surface area contributed by atoms with Crippen molar-refractivity contribution in [1.29, 1.82) is 0 Å². The average Bonchev–Trinajstić information content (AvgIpc) is 2.75. The van der Waals surface area contributed by atoms with Gasteiger partial charge in [0.25, 0.3) is 5.91 Å². The number of halogens is 1. The predicted molar refractivity (Wildman–Crippen MR) is 119 cm³/mol. The molecule has 0 spiro atoms. The van der Waals surface area contributed by atoms with E-state index in [9.17, 15) is 17.6 Å². The largest absolute Gasteiger partial charge is 0.322 e. The van der Waals surface area contributed by atoms with Gasteiger partial charge in [0.05, 0.1) is 4.90 Å². The van der Waals surface area contributed by atoms with Crippen LogP contribution < -0.4 is 9.44 Å². The van der Waals surface area contributed by atoms with Gasteiger partial charge in [0, 0.05) is 16.5 Å². The summed E-state index contributed by atoms with van der Waals surface area (Å²) >= 11 is 1.23. The van der Waals surface area contributed by atoms with Gasteiger partial charge < -0.3 is 5.32 Å². The number of hydrogen-bond donors (Lipinski definition) is 2. The van der Waals surface area contributed by atoms with Crippen LogP contribution in [0.2, 0.25) is 0 Å². The van der Waals surface area contributed by atoms with Crippen LogP contribution in [0.25, 0.3) is 0 Å². The minimum atomic E-state index is -3.75. The van der Waals surface area contributed by atoms with Crippen LogP contribution in [0.1, 0.15) is 54.9 Å². The van der Waals surface area contributed by atoms with Crippen molar-refractivity contribution < 1.29 is 17.6 Å². The first-order valence-corrected chi connectivity index (χ1v) is 12.5. The van der Waals surface area contributed by atoms with Crippen LogP contribution in [-0.4, -0.2) is 19.6 Å². The number of benzene rings is 2. The van der Waals surface area contributed by atoms with Crippen molar-refractivity contribution in [3.63, 3.8) is 0 Å². The minimum absolute atomic E-state index is 0.0359. The lowest BCUT2D eigenvalue weighted by Gasteiger charge is -2.26. The van der Waals surface area contributed by atoms with Crippen molar-refractivity contribution >= 4 is 33.6 Å². The van der Waals surface area contributed by atoms with Crippen LogP contribution in [0, 0.1) is 18.7 Å². The second kappa shape index (κ2) is 9.94. The summed E-state index contributed by atoms with van der Waals surface area (Å²) in [4.78, 5) is 12.6. The van der Waals surface area contributed by atoms with E-state index in [1.807, 2.05) is 0 Å². The summed E-state index contributed by atoms with van der Waals surface area (Å²) < 4.78 is 41.5. The van der Waals surface area contributed by atoms with Gasteiger partial charge in [0.1, 0.15) is 5.82 Å². The Labute approximate surface area is 182 Å². The molecule has 2 aromatic rings. The summed E-state index contributed by atoms with van der Waals surface area (Å²) in [6, 6.07) is 10.2. The van der Waals surface area contributed by atoms with Gasteiger partial charge in [-0.1, -0.05) is 44.2 Å². The van der Waals surface area contributed by atoms with E-state index in [1.165, 1.54) is 67.6 Å². The molecule has 1 aliphatic rings. The van der Waals surface area contributed by atoms with Crippen molar-refractivity contribution in [1.82, 2.24) is 4.13 Å². The van der Waals surface area contributed by atoms with Gasteiger partial charge in [0.15, 0.2) is 0 Å². The van der Waals surface area contributed by atoms with Gasteiger partial charge in [-0.2, -0.15) is 4.13 Å². The lowest BCUT2D eigenvalue weighted by atomic mass is 9.87. The number of rotatable bonds is 7. The maximum Gasteiger partial charge on any atom is 0.255 e. The third-order valence-electron chi connectivity index (χ3n) is 5.48. The molecule has 1 aliphatic carbocycles. The van der Waals surface area contributed by atoms with Gasteiger partial charge >= 0.3 is 0 Å². The summed E-state index contributed by atoms with van der Waals surface area (Å²) in [7, 11) is -3.75. The van der Waals surface area contributed by atoms with E-state index >= 15 is 0 Å². The molecular formula is C22H27FN2O3S2. The van der Waals surface area contributed by atoms with E-state index in [2.05, 4.69) is 16.4 Å². The fourth-order valence-electron chi connectivity index (χ4n) is 3.62. The summed E-state index contributed by atoms with van der Waals surface area (Å²) in [5.41, 5.74) is 1.07. The quantitative estimate of drug-likeness (QED) is 0.563. The molecule has 1 amide bonds. The predicted octanol–water partition coefficient (Wildman–Crippen LogP) is 5.28. The number of sulfonamides is 1. The topological polar surface area (TPSA) is 75.3 Å². The third kappa shape index (κ3) is 5.83. The highest BCUT2D eigenvalue weighted by molar-refractivity contribution is 8.09. The van der Waals surface area contributed by atoms with Crippen LogP contribution in [0.15, 0.2) is 47.4 Å². The maximum absolute atomic E-state index is 13.4. The highest BCUT2D eigenvalue weighted by Crippen LogP contribution is 2.32. The molecule has 30 heavy (non-hydrogen) atoms. The summed E-state index contributed by atoms with van der Waals surface area (Å²) in [6.45, 7) is 3.66. The number of anilines is 1. The van der Waals surface area contributed by atoms with Gasteiger partial charge in [0.2, 0.25) is 10.0 Å². The van der Waals surface area contributed by atoms with Crippen molar-refractivity contribution in [2.45, 2.75) is 56.1 Å². The molecule has 8 heteroatoms. The smallest absolute Gasteiger partial charge is 0.255 e. The highest BCUT2D eigenvalue weighted by Gasteiger charge is 2.23. The molecule has 5 nitrogen and oxygen atoms in total. The van der Waals surface area contributed by atoms with Crippen LogP contribution >= 0.6 is 11.9 Å². The second-order valence-corrected chi connectivity index (χ2v) is 10.9. The van der Waals surface area contributed by atoms with Crippen molar-refractivity contribution in [3.8, 4) is 0 Å². The minimum Gasteiger partial charge on any atom is -0.322 e. The standard InChI is InChI=1S/C22H27FN2O3S2/c1-15-13-19(11-12-21(15)23)24-22(26)18-9-6-10-20(14-18)30(27,28)25-29-16(2)17-7-4-3-5-8-17/h6,9-14,16-17,25H,3-5,7-8H2,1-2H3,(H,24,26). The fourth-order valence-corrected chi connectivity index (χ4v) is 6.12. The first-order chi connectivity index (χ1) is 14.3. The van der Waals surface area contributed by atoms with E-state index in [-0.39, 0.29) is 21.5 Å². The lowest BCUT2D eigenvalue weighted by molar-refractivity contribution is 0.102. The van der Waals surface area contributed by atoms with E-state index in [4.69, 9.17) is 0 Å². The molecule has 0 radical (unpaired) electrons. The Morgan fingerprint density at radius 1 is 1.13 bits per heavy atom. The molecule has 0 aromatic heterocycles. The SMILES string of the molecule is Cc1cc(NC(=O)c2cccc(S(=O)(=O)NSC(C)C3CCCCC3)c2)ccc1F. The normalized spacial score (nSPS) is 16.2. The van der Waals surface area contributed by atoms with Crippen molar-refractivity contribution in [3.05, 3.63) is 59.4 Å². The molecule has 3 rings (SSSR count). The Hall–Kier alpha value is -1.90. The molecule has 162 valence electrons. The number of aryl methyl sites for hydroxylation is 1. The Kier molecular flexibility index (Phi) is 7.55.